The van der Waals surface area contributed by atoms with Crippen molar-refractivity contribution in [1.82, 2.24) is 4.90 Å². The van der Waals surface area contributed by atoms with E-state index in [-0.39, 0.29) is 0 Å². The lowest BCUT2D eigenvalue weighted by Crippen LogP contribution is -2.45. The van der Waals surface area contributed by atoms with Crippen LogP contribution in [0.25, 0.3) is 0 Å². The molecule has 2 unspecified atom stereocenters. The van der Waals surface area contributed by atoms with Crippen LogP contribution in [0.1, 0.15) is 25.7 Å². The Hall–Kier alpha value is 0.400. The number of hydrogen-bond donors (Lipinski definition) is 0. The van der Waals surface area contributed by atoms with Crippen molar-refractivity contribution in [3.8, 4) is 0 Å². The maximum atomic E-state index is 5.84. The van der Waals surface area contributed by atoms with Crippen molar-refractivity contribution in [2.45, 2.75) is 37.9 Å². The molecule has 3 rings (SSSR count). The van der Waals surface area contributed by atoms with Crippen LogP contribution < -0.4 is 0 Å². The predicted octanol–water partition coefficient (Wildman–Crippen LogP) is 2.02. The standard InChI is InChI=1S/C11H18BrNO/c12-7-11(3-4-11)8-13-5-9-1-2-10(6-13)14-9/h9-10H,1-8H2. The molecule has 14 heavy (non-hydrogen) atoms. The van der Waals surface area contributed by atoms with E-state index < -0.39 is 0 Å². The minimum absolute atomic E-state index is 0.555. The molecule has 0 spiro atoms. The van der Waals surface area contributed by atoms with Crippen LogP contribution in [-0.2, 0) is 4.74 Å². The highest BCUT2D eigenvalue weighted by molar-refractivity contribution is 9.09. The number of nitrogens with zero attached hydrogens (tertiary/aromatic N) is 1. The van der Waals surface area contributed by atoms with Crippen LogP contribution in [0.4, 0.5) is 0 Å². The van der Waals surface area contributed by atoms with Gasteiger partial charge in [0, 0.05) is 25.0 Å². The smallest absolute Gasteiger partial charge is 0.0707 e. The fourth-order valence-corrected chi connectivity index (χ4v) is 3.55. The first kappa shape index (κ1) is 9.61. The van der Waals surface area contributed by atoms with Gasteiger partial charge in [-0.1, -0.05) is 15.9 Å². The molecule has 0 amide bonds. The number of likely N-dealkylation sites (tertiary alicyclic amines) is 1. The summed E-state index contributed by atoms with van der Waals surface area (Å²) >= 11 is 3.65. The molecule has 2 atom stereocenters. The van der Waals surface area contributed by atoms with Crippen LogP contribution in [0.2, 0.25) is 0 Å². The Morgan fingerprint density at radius 1 is 1.21 bits per heavy atom. The SMILES string of the molecule is BrCC1(CN2CC3CCC(C2)O3)CC1. The Labute approximate surface area is 94.1 Å². The molecule has 2 heterocycles. The lowest BCUT2D eigenvalue weighted by molar-refractivity contribution is -0.0428. The van der Waals surface area contributed by atoms with Gasteiger partial charge in [0.25, 0.3) is 0 Å². The first-order valence-corrected chi connectivity index (χ1v) is 6.86. The van der Waals surface area contributed by atoms with Crippen molar-refractivity contribution in [2.24, 2.45) is 5.41 Å². The molecule has 3 fully saturated rings. The van der Waals surface area contributed by atoms with Crippen molar-refractivity contribution in [2.75, 3.05) is 25.0 Å². The minimum atomic E-state index is 0.555. The molecule has 2 bridgehead atoms. The Kier molecular flexibility index (Phi) is 2.38. The second-order valence-electron chi connectivity index (χ2n) is 5.29. The van der Waals surface area contributed by atoms with Crippen LogP contribution in [0, 0.1) is 5.41 Å². The van der Waals surface area contributed by atoms with Crippen molar-refractivity contribution >= 4 is 15.9 Å². The van der Waals surface area contributed by atoms with E-state index in [2.05, 4.69) is 20.8 Å². The normalized spacial score (nSPS) is 40.1. The van der Waals surface area contributed by atoms with Crippen LogP contribution in [0.15, 0.2) is 0 Å². The zero-order valence-electron chi connectivity index (χ0n) is 8.54. The average molecular weight is 260 g/mol. The van der Waals surface area contributed by atoms with E-state index in [0.29, 0.717) is 17.6 Å². The summed E-state index contributed by atoms with van der Waals surface area (Å²) in [7, 11) is 0. The molecule has 0 radical (unpaired) electrons. The molecule has 1 saturated carbocycles. The highest BCUT2D eigenvalue weighted by Crippen LogP contribution is 2.48. The van der Waals surface area contributed by atoms with Crippen LogP contribution in [-0.4, -0.2) is 42.1 Å². The van der Waals surface area contributed by atoms with Crippen molar-refractivity contribution in [3.63, 3.8) is 0 Å². The van der Waals surface area contributed by atoms with Crippen molar-refractivity contribution < 1.29 is 4.74 Å². The minimum Gasteiger partial charge on any atom is -0.372 e. The number of halogens is 1. The van der Waals surface area contributed by atoms with E-state index in [1.54, 1.807) is 0 Å². The topological polar surface area (TPSA) is 12.5 Å². The van der Waals surface area contributed by atoms with Crippen LogP contribution >= 0.6 is 15.9 Å². The number of morpholine rings is 1. The summed E-state index contributed by atoms with van der Waals surface area (Å²) in [5.41, 5.74) is 0.636. The fraction of sp³-hybridized carbons (Fsp3) is 1.00. The summed E-state index contributed by atoms with van der Waals surface area (Å²) in [5, 5.41) is 1.19. The van der Waals surface area contributed by atoms with Crippen molar-refractivity contribution in [1.29, 1.82) is 0 Å². The zero-order valence-corrected chi connectivity index (χ0v) is 10.1. The second kappa shape index (κ2) is 3.46. The van der Waals surface area contributed by atoms with Gasteiger partial charge in [-0.05, 0) is 31.1 Å². The summed E-state index contributed by atoms with van der Waals surface area (Å²) in [6, 6.07) is 0. The van der Waals surface area contributed by atoms with Gasteiger partial charge >= 0.3 is 0 Å². The molecule has 0 N–H and O–H groups in total. The molecule has 2 saturated heterocycles. The molecule has 0 aromatic rings. The van der Waals surface area contributed by atoms with E-state index in [0.717, 1.165) is 0 Å². The maximum Gasteiger partial charge on any atom is 0.0707 e. The summed E-state index contributed by atoms with van der Waals surface area (Å²) < 4.78 is 5.84. The summed E-state index contributed by atoms with van der Waals surface area (Å²) in [5.74, 6) is 0. The zero-order chi connectivity index (χ0) is 9.60. The summed E-state index contributed by atoms with van der Waals surface area (Å²) in [4.78, 5) is 2.64. The summed E-state index contributed by atoms with van der Waals surface area (Å²) in [6.45, 7) is 3.67. The van der Waals surface area contributed by atoms with E-state index in [9.17, 15) is 0 Å². The Morgan fingerprint density at radius 2 is 1.86 bits per heavy atom. The van der Waals surface area contributed by atoms with Gasteiger partial charge in [0.05, 0.1) is 12.2 Å². The Morgan fingerprint density at radius 3 is 2.36 bits per heavy atom. The predicted molar refractivity (Wildman–Crippen MR) is 59.8 cm³/mol. The molecule has 80 valence electrons. The number of fused-ring (bicyclic) bond motifs is 2. The average Bonchev–Trinajstić information content (AvgIpc) is 2.88. The maximum absolute atomic E-state index is 5.84. The summed E-state index contributed by atoms with van der Waals surface area (Å²) in [6.07, 6.45) is 6.54. The molecule has 0 aromatic carbocycles. The van der Waals surface area contributed by atoms with Gasteiger partial charge in [-0.2, -0.15) is 0 Å². The Balaban J connectivity index is 1.59. The van der Waals surface area contributed by atoms with Crippen LogP contribution in [0.3, 0.4) is 0 Å². The second-order valence-corrected chi connectivity index (χ2v) is 5.85. The van der Waals surface area contributed by atoms with Crippen LogP contribution in [0.5, 0.6) is 0 Å². The third-order valence-electron chi connectivity index (χ3n) is 3.92. The van der Waals surface area contributed by atoms with E-state index in [4.69, 9.17) is 4.74 Å². The van der Waals surface area contributed by atoms with Crippen molar-refractivity contribution in [3.05, 3.63) is 0 Å². The van der Waals surface area contributed by atoms with Gasteiger partial charge in [-0.3, -0.25) is 4.90 Å². The molecule has 2 nitrogen and oxygen atoms in total. The lowest BCUT2D eigenvalue weighted by atomic mass is 10.1. The molecular formula is C11H18BrNO. The largest absolute Gasteiger partial charge is 0.372 e. The van der Waals surface area contributed by atoms with Gasteiger partial charge in [-0.15, -0.1) is 0 Å². The fourth-order valence-electron chi connectivity index (χ4n) is 2.81. The molecule has 0 aromatic heterocycles. The van der Waals surface area contributed by atoms with Gasteiger partial charge < -0.3 is 4.74 Å². The molecule has 2 aliphatic heterocycles. The van der Waals surface area contributed by atoms with Gasteiger partial charge in [0.2, 0.25) is 0 Å². The number of alkyl halides is 1. The number of hydrogen-bond acceptors (Lipinski definition) is 2. The first-order valence-electron chi connectivity index (χ1n) is 5.73. The lowest BCUT2D eigenvalue weighted by Gasteiger charge is -2.34. The third kappa shape index (κ3) is 1.74. The molecule has 3 heteroatoms. The highest BCUT2D eigenvalue weighted by atomic mass is 79.9. The monoisotopic (exact) mass is 259 g/mol. The van der Waals surface area contributed by atoms with Gasteiger partial charge in [0.15, 0.2) is 0 Å². The first-order chi connectivity index (χ1) is 6.80. The quantitative estimate of drug-likeness (QED) is 0.720. The molecular weight excluding hydrogens is 242 g/mol. The van der Waals surface area contributed by atoms with Gasteiger partial charge in [-0.25, -0.2) is 0 Å². The Bertz CT molecular complexity index is 217. The van der Waals surface area contributed by atoms with E-state index in [1.807, 2.05) is 0 Å². The number of rotatable bonds is 3. The molecule has 1 aliphatic carbocycles. The number of ether oxygens (including phenoxy) is 1. The van der Waals surface area contributed by atoms with Gasteiger partial charge in [0.1, 0.15) is 0 Å². The third-order valence-corrected chi connectivity index (χ3v) is 5.11. The molecule has 3 aliphatic rings. The highest BCUT2D eigenvalue weighted by Gasteiger charge is 2.45. The van der Waals surface area contributed by atoms with E-state index in [1.165, 1.54) is 50.6 Å². The van der Waals surface area contributed by atoms with E-state index >= 15 is 0 Å².